The first-order valence-corrected chi connectivity index (χ1v) is 8.48. The van der Waals surface area contributed by atoms with E-state index in [-0.39, 0.29) is 5.54 Å². The summed E-state index contributed by atoms with van der Waals surface area (Å²) < 4.78 is 0. The van der Waals surface area contributed by atoms with Gasteiger partial charge in [0.2, 0.25) is 0 Å². The molecule has 5 unspecified atom stereocenters. The summed E-state index contributed by atoms with van der Waals surface area (Å²) in [6.07, 6.45) is 7.76. The van der Waals surface area contributed by atoms with Crippen molar-refractivity contribution in [2.45, 2.75) is 56.8 Å². The number of nitrogen functional groups attached to an aromatic ring is 1. The summed E-state index contributed by atoms with van der Waals surface area (Å²) >= 11 is 0. The number of anilines is 1. The van der Waals surface area contributed by atoms with Crippen LogP contribution in [0.15, 0.2) is 18.2 Å². The predicted molar refractivity (Wildman–Crippen MR) is 82.3 cm³/mol. The Bertz CT molecular complexity index is 597. The van der Waals surface area contributed by atoms with E-state index in [4.69, 9.17) is 5.73 Å². The fourth-order valence-electron chi connectivity index (χ4n) is 6.14. The van der Waals surface area contributed by atoms with Crippen molar-refractivity contribution >= 4 is 5.69 Å². The molecule has 3 fully saturated rings. The lowest BCUT2D eigenvalue weighted by molar-refractivity contribution is -0.0799. The van der Waals surface area contributed by atoms with Crippen molar-refractivity contribution in [2.75, 3.05) is 5.73 Å². The average Bonchev–Trinajstić information content (AvgIpc) is 2.89. The summed E-state index contributed by atoms with van der Waals surface area (Å²) in [4.78, 5) is 2.40. The van der Waals surface area contributed by atoms with Crippen LogP contribution in [0.5, 0.6) is 0 Å². The SMILES string of the molecule is Nc1cccc2c1CN(C13CC4CCC(C1)C(C4)C3)C2O. The molecular formula is C18H24N2O. The molecule has 3 bridgehead atoms. The maximum Gasteiger partial charge on any atom is 0.134 e. The van der Waals surface area contributed by atoms with Crippen LogP contribution in [0.4, 0.5) is 5.69 Å². The molecule has 0 aromatic heterocycles. The number of nitrogens with zero attached hydrogens (tertiary/aromatic N) is 1. The maximum atomic E-state index is 10.9. The molecule has 1 aliphatic heterocycles. The fraction of sp³-hybridized carbons (Fsp3) is 0.667. The van der Waals surface area contributed by atoms with Crippen LogP contribution in [0.25, 0.3) is 0 Å². The maximum absolute atomic E-state index is 10.9. The number of hydrogen-bond donors (Lipinski definition) is 2. The third kappa shape index (κ3) is 1.56. The molecule has 112 valence electrons. The highest BCUT2D eigenvalue weighted by Crippen LogP contribution is 2.61. The molecule has 0 saturated heterocycles. The zero-order chi connectivity index (χ0) is 14.2. The number of benzene rings is 1. The smallest absolute Gasteiger partial charge is 0.134 e. The van der Waals surface area contributed by atoms with Crippen LogP contribution in [0.2, 0.25) is 0 Å². The van der Waals surface area contributed by atoms with Gasteiger partial charge in [0.05, 0.1) is 0 Å². The quantitative estimate of drug-likeness (QED) is 0.779. The Labute approximate surface area is 126 Å². The first-order valence-electron chi connectivity index (χ1n) is 8.48. The Morgan fingerprint density at radius 2 is 2.00 bits per heavy atom. The lowest BCUT2D eigenvalue weighted by Crippen LogP contribution is -2.48. The van der Waals surface area contributed by atoms with Gasteiger partial charge in [-0.25, -0.2) is 0 Å². The third-order valence-corrected chi connectivity index (χ3v) is 6.96. The topological polar surface area (TPSA) is 49.5 Å². The van der Waals surface area contributed by atoms with Gasteiger partial charge >= 0.3 is 0 Å². The molecule has 3 nitrogen and oxygen atoms in total. The Balaban J connectivity index is 1.54. The van der Waals surface area contributed by atoms with Gasteiger partial charge in [0.25, 0.3) is 0 Å². The molecule has 0 amide bonds. The van der Waals surface area contributed by atoms with Crippen molar-refractivity contribution in [3.63, 3.8) is 0 Å². The Hall–Kier alpha value is -1.06. The lowest BCUT2D eigenvalue weighted by atomic mass is 9.70. The standard InChI is InChI=1S/C18H24N2O/c19-16-3-1-2-14-15(16)10-20(17(14)21)18-7-11-4-5-12(8-18)13(6-11)9-18/h1-3,11-13,17,21H,4-10,19H2. The van der Waals surface area contributed by atoms with Gasteiger partial charge in [-0.3, -0.25) is 4.90 Å². The molecule has 5 rings (SSSR count). The van der Waals surface area contributed by atoms with Crippen molar-refractivity contribution in [3.8, 4) is 0 Å². The molecule has 1 heterocycles. The highest BCUT2D eigenvalue weighted by Gasteiger charge is 2.57. The summed E-state index contributed by atoms with van der Waals surface area (Å²) in [5.74, 6) is 2.73. The number of hydrogen-bond acceptors (Lipinski definition) is 3. The molecule has 3 saturated carbocycles. The van der Waals surface area contributed by atoms with E-state index in [1.165, 1.54) is 44.1 Å². The highest BCUT2D eigenvalue weighted by atomic mass is 16.3. The highest BCUT2D eigenvalue weighted by molar-refractivity contribution is 5.53. The predicted octanol–water partition coefficient (Wildman–Crippen LogP) is 3.04. The van der Waals surface area contributed by atoms with E-state index < -0.39 is 6.23 Å². The number of aliphatic hydroxyl groups excluding tert-OH is 1. The summed E-state index contributed by atoms with van der Waals surface area (Å²) in [6.45, 7) is 0.843. The van der Waals surface area contributed by atoms with Crippen LogP contribution in [0.1, 0.15) is 55.9 Å². The first-order chi connectivity index (χ1) is 10.2. The second kappa shape index (κ2) is 4.02. The van der Waals surface area contributed by atoms with Crippen molar-refractivity contribution in [1.29, 1.82) is 0 Å². The van der Waals surface area contributed by atoms with E-state index in [9.17, 15) is 5.11 Å². The summed E-state index contributed by atoms with van der Waals surface area (Å²) in [5, 5.41) is 10.9. The van der Waals surface area contributed by atoms with Crippen molar-refractivity contribution in [3.05, 3.63) is 29.3 Å². The summed E-state index contributed by atoms with van der Waals surface area (Å²) in [5.41, 5.74) is 9.46. The largest absolute Gasteiger partial charge is 0.398 e. The van der Waals surface area contributed by atoms with Crippen LogP contribution >= 0.6 is 0 Å². The minimum atomic E-state index is -0.445. The molecule has 21 heavy (non-hydrogen) atoms. The van der Waals surface area contributed by atoms with Gasteiger partial charge in [-0.1, -0.05) is 18.6 Å². The van der Waals surface area contributed by atoms with Crippen LogP contribution in [0, 0.1) is 17.8 Å². The van der Waals surface area contributed by atoms with Crippen molar-refractivity contribution < 1.29 is 5.11 Å². The third-order valence-electron chi connectivity index (χ3n) is 6.96. The zero-order valence-corrected chi connectivity index (χ0v) is 12.5. The van der Waals surface area contributed by atoms with E-state index in [0.717, 1.165) is 35.5 Å². The van der Waals surface area contributed by atoms with Gasteiger partial charge in [-0.05, 0) is 61.5 Å². The molecule has 3 N–H and O–H groups in total. The van der Waals surface area contributed by atoms with E-state index in [0.29, 0.717) is 0 Å². The van der Waals surface area contributed by atoms with Gasteiger partial charge in [-0.15, -0.1) is 0 Å². The van der Waals surface area contributed by atoms with Crippen LogP contribution in [-0.4, -0.2) is 15.5 Å². The number of aliphatic hydroxyl groups is 1. The van der Waals surface area contributed by atoms with Gasteiger partial charge in [0.15, 0.2) is 0 Å². The molecule has 3 heteroatoms. The minimum Gasteiger partial charge on any atom is -0.398 e. The van der Waals surface area contributed by atoms with E-state index in [2.05, 4.69) is 11.0 Å². The molecule has 0 radical (unpaired) electrons. The molecular weight excluding hydrogens is 260 g/mol. The second-order valence-corrected chi connectivity index (χ2v) is 7.95. The number of rotatable bonds is 1. The molecule has 3 aliphatic carbocycles. The van der Waals surface area contributed by atoms with Gasteiger partial charge < -0.3 is 10.8 Å². The van der Waals surface area contributed by atoms with E-state index in [1.54, 1.807) is 0 Å². The van der Waals surface area contributed by atoms with Crippen molar-refractivity contribution in [1.82, 2.24) is 4.90 Å². The summed E-state index contributed by atoms with van der Waals surface area (Å²) in [7, 11) is 0. The second-order valence-electron chi connectivity index (χ2n) is 7.95. The zero-order valence-electron chi connectivity index (χ0n) is 12.5. The van der Waals surface area contributed by atoms with Crippen molar-refractivity contribution in [2.24, 2.45) is 17.8 Å². The monoisotopic (exact) mass is 284 g/mol. The van der Waals surface area contributed by atoms with Gasteiger partial charge in [-0.2, -0.15) is 0 Å². The minimum absolute atomic E-state index is 0.250. The fourth-order valence-corrected chi connectivity index (χ4v) is 6.14. The Kier molecular flexibility index (Phi) is 2.39. The average molecular weight is 284 g/mol. The number of nitrogens with two attached hydrogens (primary N) is 1. The Morgan fingerprint density at radius 1 is 1.14 bits per heavy atom. The van der Waals surface area contributed by atoms with E-state index >= 15 is 0 Å². The summed E-state index contributed by atoms with van der Waals surface area (Å²) in [6, 6.07) is 5.99. The normalized spacial score (nSPS) is 44.2. The Morgan fingerprint density at radius 3 is 2.86 bits per heavy atom. The van der Waals surface area contributed by atoms with Crippen LogP contribution < -0.4 is 5.73 Å². The molecule has 5 atom stereocenters. The van der Waals surface area contributed by atoms with Crippen LogP contribution in [0.3, 0.4) is 0 Å². The molecule has 1 aromatic carbocycles. The lowest BCUT2D eigenvalue weighted by Gasteiger charge is -2.46. The van der Waals surface area contributed by atoms with Crippen LogP contribution in [-0.2, 0) is 6.54 Å². The van der Waals surface area contributed by atoms with E-state index in [1.807, 2.05) is 12.1 Å². The molecule has 1 aromatic rings. The number of fused-ring (bicyclic) bond motifs is 3. The molecule has 0 spiro atoms. The first kappa shape index (κ1) is 12.5. The molecule has 4 aliphatic rings. The van der Waals surface area contributed by atoms with Gasteiger partial charge in [0.1, 0.15) is 6.23 Å². The van der Waals surface area contributed by atoms with Gasteiger partial charge in [0, 0.05) is 23.3 Å².